The number of carboxylic acids is 1. The van der Waals surface area contributed by atoms with Crippen molar-refractivity contribution in [3.8, 4) is 17.1 Å². The van der Waals surface area contributed by atoms with Crippen molar-refractivity contribution in [3.63, 3.8) is 0 Å². The summed E-state index contributed by atoms with van der Waals surface area (Å²) in [5, 5.41) is 12.2. The van der Waals surface area contributed by atoms with Gasteiger partial charge in [-0.05, 0) is 37.6 Å². The molecule has 0 aliphatic carbocycles. The van der Waals surface area contributed by atoms with Crippen LogP contribution in [0.25, 0.3) is 11.1 Å². The van der Waals surface area contributed by atoms with Gasteiger partial charge in [0.25, 0.3) is 0 Å². The van der Waals surface area contributed by atoms with Crippen LogP contribution in [0.5, 0.6) is 6.01 Å². The predicted octanol–water partition coefficient (Wildman–Crippen LogP) is 3.17. The van der Waals surface area contributed by atoms with Crippen LogP contribution in [-0.2, 0) is 4.79 Å². The van der Waals surface area contributed by atoms with E-state index < -0.39 is 11.4 Å². The first kappa shape index (κ1) is 18.2. The molecule has 0 fully saturated rings. The van der Waals surface area contributed by atoms with Crippen LogP contribution in [0.4, 0.5) is 11.6 Å². The molecule has 0 bridgehead atoms. The summed E-state index contributed by atoms with van der Waals surface area (Å²) in [6, 6.07) is 9.57. The van der Waals surface area contributed by atoms with Gasteiger partial charge in [-0.3, -0.25) is 4.79 Å². The third-order valence-electron chi connectivity index (χ3n) is 3.81. The van der Waals surface area contributed by atoms with Gasteiger partial charge in [-0.1, -0.05) is 12.1 Å². The Morgan fingerprint density at radius 2 is 1.67 bits per heavy atom. The summed E-state index contributed by atoms with van der Waals surface area (Å²) >= 11 is 0. The molecule has 0 atom stereocenters. The van der Waals surface area contributed by atoms with E-state index in [1.54, 1.807) is 44.7 Å². The fraction of sp³-hybridized carbons (Fsp3) is 0.211. The van der Waals surface area contributed by atoms with E-state index in [4.69, 9.17) is 9.84 Å². The third-order valence-corrected chi connectivity index (χ3v) is 3.81. The Balaban J connectivity index is 1.64. The number of rotatable bonds is 7. The number of ether oxygens (including phenoxy) is 1. The van der Waals surface area contributed by atoms with Gasteiger partial charge in [-0.15, -0.1) is 0 Å². The highest BCUT2D eigenvalue weighted by Crippen LogP contribution is 2.22. The lowest BCUT2D eigenvalue weighted by molar-refractivity contribution is -0.148. The maximum atomic E-state index is 11.1. The molecule has 3 aromatic rings. The van der Waals surface area contributed by atoms with Crippen molar-refractivity contribution in [1.82, 2.24) is 19.9 Å². The Morgan fingerprint density at radius 1 is 1.04 bits per heavy atom. The number of nitrogens with zero attached hydrogens (tertiary/aromatic N) is 4. The van der Waals surface area contributed by atoms with Crippen LogP contribution in [0.3, 0.4) is 0 Å². The number of hydrogen-bond acceptors (Lipinski definition) is 7. The number of carboxylic acid groups (broad SMARTS) is 1. The Labute approximate surface area is 156 Å². The molecule has 27 heavy (non-hydrogen) atoms. The number of anilines is 2. The first-order chi connectivity index (χ1) is 12.9. The molecule has 2 N–H and O–H groups in total. The van der Waals surface area contributed by atoms with Crippen molar-refractivity contribution in [3.05, 3.63) is 55.1 Å². The highest BCUT2D eigenvalue weighted by molar-refractivity contribution is 5.73. The molecule has 1 aromatic carbocycles. The summed E-state index contributed by atoms with van der Waals surface area (Å²) in [5.74, 6) is -0.409. The quantitative estimate of drug-likeness (QED) is 0.657. The van der Waals surface area contributed by atoms with Gasteiger partial charge in [0.15, 0.2) is 0 Å². The zero-order valence-corrected chi connectivity index (χ0v) is 15.0. The van der Waals surface area contributed by atoms with Crippen molar-refractivity contribution in [2.24, 2.45) is 5.41 Å². The SMILES string of the molecule is CC(C)(COc1ncc(-c2ccc(Nc3ncccn3)cc2)cn1)C(=O)O. The van der Waals surface area contributed by atoms with Gasteiger partial charge in [-0.2, -0.15) is 0 Å². The molecule has 0 aliphatic rings. The molecule has 3 rings (SSSR count). The van der Waals surface area contributed by atoms with E-state index in [-0.39, 0.29) is 12.6 Å². The van der Waals surface area contributed by atoms with Crippen molar-refractivity contribution >= 4 is 17.6 Å². The summed E-state index contributed by atoms with van der Waals surface area (Å²) in [6.45, 7) is 3.16. The first-order valence-corrected chi connectivity index (χ1v) is 8.27. The normalized spacial score (nSPS) is 11.0. The average Bonchev–Trinajstić information content (AvgIpc) is 2.68. The van der Waals surface area contributed by atoms with Gasteiger partial charge in [0.1, 0.15) is 6.61 Å². The van der Waals surface area contributed by atoms with Crippen molar-refractivity contribution in [2.45, 2.75) is 13.8 Å². The molecule has 2 heterocycles. The molecule has 138 valence electrons. The first-order valence-electron chi connectivity index (χ1n) is 8.27. The monoisotopic (exact) mass is 365 g/mol. The fourth-order valence-electron chi connectivity index (χ4n) is 2.09. The number of nitrogens with one attached hydrogen (secondary N) is 1. The van der Waals surface area contributed by atoms with E-state index in [0.717, 1.165) is 16.8 Å². The zero-order valence-electron chi connectivity index (χ0n) is 15.0. The predicted molar refractivity (Wildman–Crippen MR) is 99.7 cm³/mol. The minimum absolute atomic E-state index is 0.0103. The largest absolute Gasteiger partial charge is 0.481 e. The van der Waals surface area contributed by atoms with Crippen LogP contribution in [0.1, 0.15) is 13.8 Å². The smallest absolute Gasteiger partial charge is 0.316 e. The Bertz CT molecular complexity index is 897. The van der Waals surface area contributed by atoms with Gasteiger partial charge in [0, 0.05) is 36.0 Å². The number of aromatic nitrogens is 4. The van der Waals surface area contributed by atoms with Crippen LogP contribution >= 0.6 is 0 Å². The van der Waals surface area contributed by atoms with Gasteiger partial charge >= 0.3 is 12.0 Å². The summed E-state index contributed by atoms with van der Waals surface area (Å²) in [5.41, 5.74) is 1.61. The molecule has 0 spiro atoms. The Kier molecular flexibility index (Phi) is 5.25. The molecular weight excluding hydrogens is 346 g/mol. The van der Waals surface area contributed by atoms with Crippen LogP contribution in [0.15, 0.2) is 55.1 Å². The Hall–Kier alpha value is -3.55. The van der Waals surface area contributed by atoms with E-state index in [1.807, 2.05) is 24.3 Å². The van der Waals surface area contributed by atoms with Crippen LogP contribution < -0.4 is 10.1 Å². The number of benzene rings is 1. The molecule has 0 unspecified atom stereocenters. The van der Waals surface area contributed by atoms with Crippen molar-refractivity contribution in [2.75, 3.05) is 11.9 Å². The molecule has 8 nitrogen and oxygen atoms in total. The second-order valence-corrected chi connectivity index (χ2v) is 6.51. The number of aliphatic carboxylic acids is 1. The summed E-state index contributed by atoms with van der Waals surface area (Å²) in [4.78, 5) is 27.6. The topological polar surface area (TPSA) is 110 Å². The van der Waals surface area contributed by atoms with Crippen LogP contribution in [0, 0.1) is 5.41 Å². The van der Waals surface area contributed by atoms with Crippen LogP contribution in [0.2, 0.25) is 0 Å². The average molecular weight is 365 g/mol. The Morgan fingerprint density at radius 3 is 2.26 bits per heavy atom. The number of carbonyl (C=O) groups is 1. The highest BCUT2D eigenvalue weighted by atomic mass is 16.5. The molecule has 8 heteroatoms. The molecule has 0 aliphatic heterocycles. The number of hydrogen-bond donors (Lipinski definition) is 2. The fourth-order valence-corrected chi connectivity index (χ4v) is 2.09. The summed E-state index contributed by atoms with van der Waals surface area (Å²) < 4.78 is 5.38. The second kappa shape index (κ2) is 7.77. The van der Waals surface area contributed by atoms with E-state index in [9.17, 15) is 4.79 Å². The van der Waals surface area contributed by atoms with Gasteiger partial charge in [0.2, 0.25) is 5.95 Å². The molecule has 0 amide bonds. The molecule has 0 radical (unpaired) electrons. The summed E-state index contributed by atoms with van der Waals surface area (Å²) in [6.07, 6.45) is 6.61. The van der Waals surface area contributed by atoms with Crippen LogP contribution in [-0.4, -0.2) is 37.6 Å². The standard InChI is InChI=1S/C19H19N5O3/c1-19(2,16(25)26)12-27-18-22-10-14(11-23-18)13-4-6-15(7-5-13)24-17-20-8-3-9-21-17/h3-11H,12H2,1-2H3,(H,25,26)(H,20,21,24). The minimum atomic E-state index is -1.01. The lowest BCUT2D eigenvalue weighted by atomic mass is 9.95. The third kappa shape index (κ3) is 4.75. The van der Waals surface area contributed by atoms with Crippen molar-refractivity contribution < 1.29 is 14.6 Å². The molecular formula is C19H19N5O3. The molecule has 0 saturated carbocycles. The zero-order chi connectivity index (χ0) is 19.3. The lowest BCUT2D eigenvalue weighted by Gasteiger charge is -2.18. The van der Waals surface area contributed by atoms with E-state index in [2.05, 4.69) is 25.3 Å². The van der Waals surface area contributed by atoms with Crippen molar-refractivity contribution in [1.29, 1.82) is 0 Å². The highest BCUT2D eigenvalue weighted by Gasteiger charge is 2.28. The van der Waals surface area contributed by atoms with Gasteiger partial charge < -0.3 is 15.2 Å². The lowest BCUT2D eigenvalue weighted by Crippen LogP contribution is -2.31. The molecule has 0 saturated heterocycles. The maximum Gasteiger partial charge on any atom is 0.316 e. The molecule has 2 aromatic heterocycles. The maximum absolute atomic E-state index is 11.1. The van der Waals surface area contributed by atoms with E-state index in [0.29, 0.717) is 5.95 Å². The van der Waals surface area contributed by atoms with E-state index >= 15 is 0 Å². The second-order valence-electron chi connectivity index (χ2n) is 6.51. The van der Waals surface area contributed by atoms with E-state index in [1.165, 1.54) is 0 Å². The van der Waals surface area contributed by atoms with Gasteiger partial charge in [-0.25, -0.2) is 19.9 Å². The minimum Gasteiger partial charge on any atom is -0.481 e. The van der Waals surface area contributed by atoms with Gasteiger partial charge in [0.05, 0.1) is 5.41 Å². The summed E-state index contributed by atoms with van der Waals surface area (Å²) in [7, 11) is 0.